The maximum absolute atomic E-state index is 12.5. The van der Waals surface area contributed by atoms with Gasteiger partial charge in [0.05, 0.1) is 5.69 Å². The Bertz CT molecular complexity index is 1110. The highest BCUT2D eigenvalue weighted by atomic mass is 35.5. The molecule has 138 valence electrons. The Morgan fingerprint density at radius 1 is 1.30 bits per heavy atom. The molecule has 0 aliphatic rings. The fraction of sp³-hybridized carbons (Fsp3) is 0.158. The summed E-state index contributed by atoms with van der Waals surface area (Å²) in [5.74, 6) is -1.10. The number of rotatable bonds is 4. The average molecular weight is 387 g/mol. The van der Waals surface area contributed by atoms with Crippen LogP contribution < -0.4 is 10.9 Å². The second-order valence-electron chi connectivity index (χ2n) is 5.80. The number of fused-ring (bicyclic) bond motifs is 1. The number of halogens is 1. The first-order chi connectivity index (χ1) is 12.8. The summed E-state index contributed by atoms with van der Waals surface area (Å²) in [6.07, 6.45) is 1.51. The number of nitrogens with zero attached hydrogens (tertiary/aromatic N) is 1. The second-order valence-corrected chi connectivity index (χ2v) is 6.24. The van der Waals surface area contributed by atoms with E-state index in [1.165, 1.54) is 19.2 Å². The highest BCUT2D eigenvalue weighted by Gasteiger charge is 2.17. The molecule has 0 radical (unpaired) electrons. The van der Waals surface area contributed by atoms with Gasteiger partial charge in [-0.15, -0.1) is 0 Å². The molecule has 0 bridgehead atoms. The fourth-order valence-electron chi connectivity index (χ4n) is 2.50. The molecule has 3 rings (SSSR count). The molecule has 0 saturated heterocycles. The van der Waals surface area contributed by atoms with Gasteiger partial charge in [0.2, 0.25) is 0 Å². The molecule has 1 amide bonds. The van der Waals surface area contributed by atoms with E-state index in [0.29, 0.717) is 27.4 Å². The van der Waals surface area contributed by atoms with Crippen molar-refractivity contribution in [2.75, 3.05) is 5.32 Å². The van der Waals surface area contributed by atoms with Gasteiger partial charge in [0.25, 0.3) is 5.91 Å². The van der Waals surface area contributed by atoms with Crippen molar-refractivity contribution < 1.29 is 18.7 Å². The molecule has 1 aromatic carbocycles. The van der Waals surface area contributed by atoms with Crippen molar-refractivity contribution in [2.45, 2.75) is 20.5 Å². The maximum Gasteiger partial charge on any atom is 0.349 e. The predicted molar refractivity (Wildman–Crippen MR) is 99.9 cm³/mol. The Labute approximate surface area is 158 Å². The number of carbonyl (C=O) groups excluding carboxylic acids is 2. The zero-order chi connectivity index (χ0) is 19.6. The van der Waals surface area contributed by atoms with Crippen LogP contribution >= 0.6 is 11.6 Å². The van der Waals surface area contributed by atoms with Crippen molar-refractivity contribution in [2.24, 2.45) is 0 Å². The number of anilines is 1. The quantitative estimate of drug-likeness (QED) is 0.689. The molecule has 3 aromatic rings. The number of carbonyl (C=O) groups is 2. The molecule has 0 saturated carbocycles. The molecule has 0 aliphatic heterocycles. The number of nitrogens with one attached hydrogen (secondary N) is 1. The standard InChI is InChI=1S/C19H15ClN2O5/c1-10-17-15(12(8-21-10)9-26-11(2)23)7-16(19(25)27-17)18(24)22-14-5-3-4-13(20)6-14/h3-8H,9H2,1-2H3,(H,22,24). The van der Waals surface area contributed by atoms with Crippen LogP contribution in [0.15, 0.2) is 45.7 Å². The number of hydrogen-bond donors (Lipinski definition) is 1. The zero-order valence-electron chi connectivity index (χ0n) is 14.5. The van der Waals surface area contributed by atoms with E-state index in [-0.39, 0.29) is 17.8 Å². The van der Waals surface area contributed by atoms with E-state index in [0.717, 1.165) is 0 Å². The van der Waals surface area contributed by atoms with Gasteiger partial charge in [0.15, 0.2) is 5.58 Å². The van der Waals surface area contributed by atoms with Crippen molar-refractivity contribution >= 4 is 40.1 Å². The van der Waals surface area contributed by atoms with Crippen LogP contribution in [0.2, 0.25) is 5.02 Å². The van der Waals surface area contributed by atoms with E-state index in [1.54, 1.807) is 31.2 Å². The molecule has 2 aromatic heterocycles. The molecule has 8 heteroatoms. The van der Waals surface area contributed by atoms with Crippen LogP contribution in [0.4, 0.5) is 5.69 Å². The van der Waals surface area contributed by atoms with Crippen LogP contribution in [0.25, 0.3) is 11.0 Å². The number of hydrogen-bond acceptors (Lipinski definition) is 6. The molecule has 2 heterocycles. The van der Waals surface area contributed by atoms with Crippen molar-refractivity contribution in [1.29, 1.82) is 0 Å². The largest absolute Gasteiger partial charge is 0.461 e. The van der Waals surface area contributed by atoms with Crippen molar-refractivity contribution in [3.63, 3.8) is 0 Å². The monoisotopic (exact) mass is 386 g/mol. The molecule has 1 N–H and O–H groups in total. The molecule has 0 aliphatic carbocycles. The number of ether oxygens (including phenoxy) is 1. The molecule has 7 nitrogen and oxygen atoms in total. The van der Waals surface area contributed by atoms with Gasteiger partial charge in [-0.05, 0) is 31.2 Å². The summed E-state index contributed by atoms with van der Waals surface area (Å²) in [5.41, 5.74) is 0.706. The predicted octanol–water partition coefficient (Wildman–Crippen LogP) is 3.47. The minimum Gasteiger partial charge on any atom is -0.461 e. The minimum atomic E-state index is -0.795. The first-order valence-corrected chi connectivity index (χ1v) is 8.35. The van der Waals surface area contributed by atoms with Gasteiger partial charge in [-0.2, -0.15) is 0 Å². The summed E-state index contributed by atoms with van der Waals surface area (Å²) < 4.78 is 10.3. The maximum atomic E-state index is 12.5. The zero-order valence-corrected chi connectivity index (χ0v) is 15.3. The number of aromatic nitrogens is 1. The van der Waals surface area contributed by atoms with Gasteiger partial charge in [-0.25, -0.2) is 4.79 Å². The Hall–Kier alpha value is -3.19. The summed E-state index contributed by atoms with van der Waals surface area (Å²) in [7, 11) is 0. The first kappa shape index (κ1) is 18.6. The molecule has 0 atom stereocenters. The highest BCUT2D eigenvalue weighted by Crippen LogP contribution is 2.22. The summed E-state index contributed by atoms with van der Waals surface area (Å²) in [6.45, 7) is 2.91. The lowest BCUT2D eigenvalue weighted by Gasteiger charge is -2.09. The third-order valence-electron chi connectivity index (χ3n) is 3.79. The smallest absolute Gasteiger partial charge is 0.349 e. The lowest BCUT2D eigenvalue weighted by Crippen LogP contribution is -2.21. The lowest BCUT2D eigenvalue weighted by atomic mass is 10.1. The van der Waals surface area contributed by atoms with Crippen LogP contribution in [-0.2, 0) is 16.1 Å². The van der Waals surface area contributed by atoms with Gasteiger partial charge in [0, 0.05) is 34.8 Å². The molecular weight excluding hydrogens is 372 g/mol. The van der Waals surface area contributed by atoms with E-state index >= 15 is 0 Å². The number of aryl methyl sites for hydroxylation is 1. The lowest BCUT2D eigenvalue weighted by molar-refractivity contribution is -0.142. The summed E-state index contributed by atoms with van der Waals surface area (Å²) >= 11 is 5.90. The number of pyridine rings is 1. The number of benzene rings is 1. The van der Waals surface area contributed by atoms with Crippen LogP contribution in [0.1, 0.15) is 28.5 Å². The van der Waals surface area contributed by atoms with E-state index in [1.807, 2.05) is 0 Å². The van der Waals surface area contributed by atoms with Crippen LogP contribution in [0.3, 0.4) is 0 Å². The third-order valence-corrected chi connectivity index (χ3v) is 4.03. The summed E-state index contributed by atoms with van der Waals surface area (Å²) in [6, 6.07) is 7.95. The van der Waals surface area contributed by atoms with Gasteiger partial charge in [-0.3, -0.25) is 14.6 Å². The number of esters is 1. The Morgan fingerprint density at radius 3 is 2.78 bits per heavy atom. The third kappa shape index (κ3) is 4.15. The Kier molecular flexibility index (Phi) is 5.23. The van der Waals surface area contributed by atoms with E-state index in [9.17, 15) is 14.4 Å². The summed E-state index contributed by atoms with van der Waals surface area (Å²) in [4.78, 5) is 40.1. The van der Waals surface area contributed by atoms with E-state index in [2.05, 4.69) is 10.3 Å². The molecule has 0 fully saturated rings. The topological polar surface area (TPSA) is 98.5 Å². The number of amides is 1. The van der Waals surface area contributed by atoms with Gasteiger partial charge in [-0.1, -0.05) is 17.7 Å². The van der Waals surface area contributed by atoms with Crippen LogP contribution in [0.5, 0.6) is 0 Å². The molecule has 27 heavy (non-hydrogen) atoms. The summed E-state index contributed by atoms with van der Waals surface area (Å²) in [5, 5.41) is 3.52. The van der Waals surface area contributed by atoms with Crippen molar-refractivity contribution in [3.8, 4) is 0 Å². The van der Waals surface area contributed by atoms with Gasteiger partial charge in [0.1, 0.15) is 12.2 Å². The van der Waals surface area contributed by atoms with Gasteiger partial charge >= 0.3 is 11.6 Å². The SMILES string of the molecule is CC(=O)OCc1cnc(C)c2oc(=O)c(C(=O)Nc3cccc(Cl)c3)cc12. The van der Waals surface area contributed by atoms with E-state index in [4.69, 9.17) is 20.8 Å². The Morgan fingerprint density at radius 2 is 2.07 bits per heavy atom. The Balaban J connectivity index is 2.03. The molecular formula is C19H15ClN2O5. The van der Waals surface area contributed by atoms with Crippen molar-refractivity contribution in [1.82, 2.24) is 4.98 Å². The average Bonchev–Trinajstić information content (AvgIpc) is 2.61. The fourth-order valence-corrected chi connectivity index (χ4v) is 2.69. The highest BCUT2D eigenvalue weighted by molar-refractivity contribution is 6.31. The molecule has 0 spiro atoms. The first-order valence-electron chi connectivity index (χ1n) is 7.98. The van der Waals surface area contributed by atoms with E-state index < -0.39 is 17.5 Å². The normalized spacial score (nSPS) is 10.6. The van der Waals surface area contributed by atoms with Crippen LogP contribution in [0, 0.1) is 6.92 Å². The van der Waals surface area contributed by atoms with Gasteiger partial charge < -0.3 is 14.5 Å². The second kappa shape index (κ2) is 7.59. The minimum absolute atomic E-state index is 0.0534. The van der Waals surface area contributed by atoms with Crippen molar-refractivity contribution in [3.05, 3.63) is 68.8 Å². The molecule has 0 unspecified atom stereocenters. The van der Waals surface area contributed by atoms with Crippen LogP contribution in [-0.4, -0.2) is 16.9 Å².